The second-order valence-corrected chi connectivity index (χ2v) is 7.63. The van der Waals surface area contributed by atoms with Crippen molar-refractivity contribution in [1.29, 1.82) is 0 Å². The van der Waals surface area contributed by atoms with Gasteiger partial charge < -0.3 is 0 Å². The zero-order valence-electron chi connectivity index (χ0n) is 16.6. The van der Waals surface area contributed by atoms with Gasteiger partial charge in [-0.3, -0.25) is 9.98 Å². The fraction of sp³-hybridized carbons (Fsp3) is 0.250. The molecule has 0 N–H and O–H groups in total. The van der Waals surface area contributed by atoms with E-state index in [9.17, 15) is 0 Å². The van der Waals surface area contributed by atoms with Gasteiger partial charge in [0.1, 0.15) is 11.4 Å². The molecule has 4 aromatic rings. The molecule has 30 heavy (non-hydrogen) atoms. The molecular formula is C24H22N6. The van der Waals surface area contributed by atoms with Gasteiger partial charge in [0.15, 0.2) is 0 Å². The second-order valence-electron chi connectivity index (χ2n) is 7.63. The van der Waals surface area contributed by atoms with E-state index in [4.69, 9.17) is 9.98 Å². The summed E-state index contributed by atoms with van der Waals surface area (Å²) in [5.41, 5.74) is 3.35. The van der Waals surface area contributed by atoms with Crippen molar-refractivity contribution < 1.29 is 0 Å². The van der Waals surface area contributed by atoms with E-state index in [2.05, 4.69) is 20.4 Å². The lowest BCUT2D eigenvalue weighted by Crippen LogP contribution is -2.27. The normalized spacial score (nSPS) is 19.9. The Bertz CT molecular complexity index is 1140. The number of aliphatic imine (C=N–C) groups is 2. The number of nitrogens with zero attached hydrogens (tertiary/aromatic N) is 6. The summed E-state index contributed by atoms with van der Waals surface area (Å²) in [7, 11) is 0. The van der Waals surface area contributed by atoms with Crippen molar-refractivity contribution >= 4 is 34.2 Å². The van der Waals surface area contributed by atoms with E-state index in [0.29, 0.717) is 0 Å². The quantitative estimate of drug-likeness (QED) is 0.480. The van der Waals surface area contributed by atoms with Crippen LogP contribution in [0.5, 0.6) is 0 Å². The van der Waals surface area contributed by atoms with Crippen LogP contribution in [0.25, 0.3) is 21.8 Å². The average Bonchev–Trinajstić information content (AvgIpc) is 2.81. The minimum atomic E-state index is 0.150. The molecule has 6 heteroatoms. The van der Waals surface area contributed by atoms with Crippen molar-refractivity contribution in [2.45, 2.75) is 37.8 Å². The topological polar surface area (TPSA) is 76.3 Å². The van der Waals surface area contributed by atoms with Crippen LogP contribution in [-0.4, -0.2) is 44.9 Å². The first-order chi connectivity index (χ1) is 14.8. The Hall–Kier alpha value is -3.54. The first-order valence-electron chi connectivity index (χ1n) is 10.4. The summed E-state index contributed by atoms with van der Waals surface area (Å²) < 4.78 is 0. The molecule has 2 heterocycles. The van der Waals surface area contributed by atoms with Gasteiger partial charge >= 0.3 is 0 Å². The highest BCUT2D eigenvalue weighted by Crippen LogP contribution is 2.24. The molecule has 0 aliphatic heterocycles. The third kappa shape index (κ3) is 4.08. The largest absolute Gasteiger partial charge is 0.285 e. The lowest BCUT2D eigenvalue weighted by Gasteiger charge is -2.25. The molecule has 0 bridgehead atoms. The molecule has 1 fully saturated rings. The van der Waals surface area contributed by atoms with Crippen LogP contribution in [0.15, 0.2) is 70.6 Å². The zero-order valence-corrected chi connectivity index (χ0v) is 16.6. The molecular weight excluding hydrogens is 372 g/mol. The first kappa shape index (κ1) is 18.5. The average molecular weight is 394 g/mol. The highest BCUT2D eigenvalue weighted by molar-refractivity contribution is 5.86. The number of hydrogen-bond acceptors (Lipinski definition) is 6. The van der Waals surface area contributed by atoms with Crippen molar-refractivity contribution in [3.8, 4) is 0 Å². The van der Waals surface area contributed by atoms with Crippen LogP contribution in [0.1, 0.15) is 37.1 Å². The van der Waals surface area contributed by atoms with Gasteiger partial charge in [-0.2, -0.15) is 0 Å². The number of benzene rings is 2. The van der Waals surface area contributed by atoms with Gasteiger partial charge in [0.05, 0.1) is 23.1 Å². The van der Waals surface area contributed by atoms with E-state index in [1.165, 1.54) is 12.8 Å². The summed E-state index contributed by atoms with van der Waals surface area (Å²) in [5.74, 6) is 0. The zero-order chi connectivity index (χ0) is 20.2. The van der Waals surface area contributed by atoms with Crippen LogP contribution in [0.4, 0.5) is 0 Å². The minimum Gasteiger partial charge on any atom is -0.285 e. The summed E-state index contributed by atoms with van der Waals surface area (Å²) in [6.07, 6.45) is 8.09. The predicted octanol–water partition coefficient (Wildman–Crippen LogP) is 4.42. The van der Waals surface area contributed by atoms with E-state index in [-0.39, 0.29) is 12.1 Å². The number of aromatic nitrogens is 4. The number of rotatable bonds is 4. The minimum absolute atomic E-state index is 0.150. The van der Waals surface area contributed by atoms with Crippen molar-refractivity contribution in [3.63, 3.8) is 0 Å². The molecule has 6 nitrogen and oxygen atoms in total. The van der Waals surface area contributed by atoms with Crippen LogP contribution < -0.4 is 0 Å². The Morgan fingerprint density at radius 2 is 1.10 bits per heavy atom. The van der Waals surface area contributed by atoms with Gasteiger partial charge in [0.25, 0.3) is 0 Å². The van der Waals surface area contributed by atoms with Crippen molar-refractivity contribution in [1.82, 2.24) is 20.4 Å². The molecule has 2 aromatic carbocycles. The maximum atomic E-state index is 4.83. The summed E-state index contributed by atoms with van der Waals surface area (Å²) in [6, 6.07) is 20.3. The van der Waals surface area contributed by atoms with Crippen LogP contribution in [0.3, 0.4) is 0 Å². The maximum Gasteiger partial charge on any atom is 0.104 e. The van der Waals surface area contributed by atoms with Gasteiger partial charge in [0.2, 0.25) is 0 Å². The van der Waals surface area contributed by atoms with Crippen molar-refractivity contribution in [3.05, 3.63) is 72.1 Å². The smallest absolute Gasteiger partial charge is 0.104 e. The van der Waals surface area contributed by atoms with E-state index >= 15 is 0 Å². The highest BCUT2D eigenvalue weighted by Gasteiger charge is 2.23. The fourth-order valence-electron chi connectivity index (χ4n) is 3.91. The lowest BCUT2D eigenvalue weighted by molar-refractivity contribution is 0.390. The van der Waals surface area contributed by atoms with Gasteiger partial charge in [-0.15, -0.1) is 20.4 Å². The van der Waals surface area contributed by atoms with Crippen molar-refractivity contribution in [2.75, 3.05) is 0 Å². The molecule has 2 atom stereocenters. The van der Waals surface area contributed by atoms with Gasteiger partial charge in [-0.1, -0.05) is 49.2 Å². The van der Waals surface area contributed by atoms with E-state index in [1.807, 2.05) is 73.1 Å². The fourth-order valence-corrected chi connectivity index (χ4v) is 3.91. The second kappa shape index (κ2) is 8.45. The molecule has 5 rings (SSSR count). The predicted molar refractivity (Wildman–Crippen MR) is 120 cm³/mol. The third-order valence-corrected chi connectivity index (χ3v) is 5.52. The Morgan fingerprint density at radius 1 is 0.633 bits per heavy atom. The van der Waals surface area contributed by atoms with E-state index in [0.717, 1.165) is 46.0 Å². The Labute approximate surface area is 174 Å². The van der Waals surface area contributed by atoms with Crippen molar-refractivity contribution in [2.24, 2.45) is 9.98 Å². The summed E-state index contributed by atoms with van der Waals surface area (Å²) >= 11 is 0. The first-order valence-corrected chi connectivity index (χ1v) is 10.4. The molecule has 0 saturated heterocycles. The van der Waals surface area contributed by atoms with Crippen LogP contribution in [-0.2, 0) is 0 Å². The number of hydrogen-bond donors (Lipinski definition) is 0. The standard InChI is InChI=1S/C24H22N6/c1-3-9-21-17(7-1)13-19(27-29-21)15-25-23-11-5-6-12-24(23)26-16-20-14-18-8-2-4-10-22(18)30-28-20/h1-4,7-10,13-16,23-24H,5-6,11-12H2/b25-15-,26-16-. The van der Waals surface area contributed by atoms with E-state index < -0.39 is 0 Å². The molecule has 148 valence electrons. The van der Waals surface area contributed by atoms with Gasteiger partial charge in [-0.25, -0.2) is 0 Å². The molecule has 0 radical (unpaired) electrons. The lowest BCUT2D eigenvalue weighted by atomic mass is 9.91. The number of fused-ring (bicyclic) bond motifs is 2. The SMILES string of the molecule is C(=N/C1CCCCC1/N=C\c1cc2ccccc2nn1)/c1cc2ccccc2nn1. The Morgan fingerprint density at radius 3 is 1.60 bits per heavy atom. The molecule has 0 spiro atoms. The Balaban J connectivity index is 1.34. The summed E-state index contributed by atoms with van der Waals surface area (Å²) in [5, 5.41) is 19.3. The summed E-state index contributed by atoms with van der Waals surface area (Å²) in [4.78, 5) is 9.65. The van der Waals surface area contributed by atoms with Gasteiger partial charge in [0, 0.05) is 23.2 Å². The van der Waals surface area contributed by atoms with Crippen LogP contribution in [0.2, 0.25) is 0 Å². The van der Waals surface area contributed by atoms with Gasteiger partial charge in [-0.05, 0) is 37.1 Å². The maximum absolute atomic E-state index is 4.83. The van der Waals surface area contributed by atoms with E-state index in [1.54, 1.807) is 0 Å². The summed E-state index contributed by atoms with van der Waals surface area (Å²) in [6.45, 7) is 0. The molecule has 2 unspecified atom stereocenters. The van der Waals surface area contributed by atoms with Crippen LogP contribution in [0, 0.1) is 0 Å². The molecule has 1 saturated carbocycles. The third-order valence-electron chi connectivity index (χ3n) is 5.52. The molecule has 2 aromatic heterocycles. The molecule has 1 aliphatic rings. The Kier molecular flexibility index (Phi) is 5.21. The molecule has 1 aliphatic carbocycles. The molecule has 0 amide bonds. The van der Waals surface area contributed by atoms with Crippen LogP contribution >= 0.6 is 0 Å². The highest BCUT2D eigenvalue weighted by atomic mass is 15.1. The monoisotopic (exact) mass is 394 g/mol.